The van der Waals surface area contributed by atoms with Crippen LogP contribution in [0.2, 0.25) is 0 Å². The van der Waals surface area contributed by atoms with E-state index in [-0.39, 0.29) is 11.5 Å². The molecule has 0 spiro atoms. The van der Waals surface area contributed by atoms with Crippen molar-refractivity contribution in [3.05, 3.63) is 41.4 Å². The maximum Gasteiger partial charge on any atom is 0.307 e. The van der Waals surface area contributed by atoms with Gasteiger partial charge < -0.3 is 10.1 Å². The third kappa shape index (κ3) is 4.89. The van der Waals surface area contributed by atoms with Crippen LogP contribution in [0.1, 0.15) is 50.3 Å². The second kappa shape index (κ2) is 8.59. The van der Waals surface area contributed by atoms with Crippen LogP contribution in [0.5, 0.6) is 0 Å². The van der Waals surface area contributed by atoms with Crippen LogP contribution in [0.3, 0.4) is 0 Å². The molecule has 1 fully saturated rings. The molecule has 0 saturated heterocycles. The predicted molar refractivity (Wildman–Crippen MR) is 101 cm³/mol. The maximum absolute atomic E-state index is 12.0. The van der Waals surface area contributed by atoms with Crippen LogP contribution in [-0.4, -0.2) is 23.1 Å². The molecule has 1 aliphatic carbocycles. The van der Waals surface area contributed by atoms with Gasteiger partial charge >= 0.3 is 5.97 Å². The lowest BCUT2D eigenvalue weighted by Gasteiger charge is -2.37. The number of nitrogens with one attached hydrogen (secondary N) is 1. The molecule has 0 aliphatic heterocycles. The Hall–Kier alpha value is -1.72. The molecule has 1 saturated carbocycles. The summed E-state index contributed by atoms with van der Waals surface area (Å²) in [7, 11) is 0. The van der Waals surface area contributed by atoms with Crippen LogP contribution < -0.4 is 5.32 Å². The number of ether oxygens (including phenoxy) is 1. The van der Waals surface area contributed by atoms with Gasteiger partial charge in [-0.3, -0.25) is 4.79 Å². The number of nitrogens with zero attached hydrogens (tertiary/aromatic N) is 1. The number of hydrogen-bond acceptors (Lipinski definition) is 5. The average molecular weight is 359 g/mol. The van der Waals surface area contributed by atoms with Gasteiger partial charge in [0, 0.05) is 28.7 Å². The second-order valence-corrected chi connectivity index (χ2v) is 7.79. The first-order valence-corrected chi connectivity index (χ1v) is 9.93. The Morgan fingerprint density at radius 2 is 2.00 bits per heavy atom. The predicted octanol–water partition coefficient (Wildman–Crippen LogP) is 4.56. The minimum absolute atomic E-state index is 0.0915. The molecule has 1 N–H and O–H groups in total. The van der Waals surface area contributed by atoms with E-state index in [0.717, 1.165) is 30.0 Å². The summed E-state index contributed by atoms with van der Waals surface area (Å²) in [5, 5.41) is 4.72. The first kappa shape index (κ1) is 18.1. The highest BCUT2D eigenvalue weighted by molar-refractivity contribution is 7.15. The highest BCUT2D eigenvalue weighted by atomic mass is 32.1. The fraction of sp³-hybridized carbons (Fsp3) is 0.500. The number of benzene rings is 1. The fourth-order valence-corrected chi connectivity index (χ4v) is 4.37. The molecule has 5 heteroatoms. The smallest absolute Gasteiger partial charge is 0.307 e. The van der Waals surface area contributed by atoms with Gasteiger partial charge in [0.15, 0.2) is 0 Å². The molecule has 0 amide bonds. The second-order valence-electron chi connectivity index (χ2n) is 6.67. The zero-order valence-electron chi connectivity index (χ0n) is 14.8. The Balaban J connectivity index is 1.65. The van der Waals surface area contributed by atoms with Gasteiger partial charge in [0.2, 0.25) is 0 Å². The number of esters is 1. The largest absolute Gasteiger partial charge is 0.466 e. The third-order valence-electron chi connectivity index (χ3n) is 4.81. The standard InChI is InChI=1S/C20H26N2O2S/c1-2-24-18(23)13-20(11-7-4-8-12-20)22-15-17-14-21-19(25-17)16-9-5-3-6-10-16/h3,5-6,9-10,14,22H,2,4,7-8,11-13,15H2,1H3. The van der Waals surface area contributed by atoms with Gasteiger partial charge in [0.1, 0.15) is 5.01 Å². The molecule has 3 rings (SSSR count). The van der Waals surface area contributed by atoms with Crippen molar-refractivity contribution >= 4 is 17.3 Å². The van der Waals surface area contributed by atoms with E-state index >= 15 is 0 Å². The lowest BCUT2D eigenvalue weighted by molar-refractivity contribution is -0.145. The number of hydrogen-bond donors (Lipinski definition) is 1. The van der Waals surface area contributed by atoms with E-state index in [1.54, 1.807) is 11.3 Å². The molecule has 1 aromatic heterocycles. The van der Waals surface area contributed by atoms with Gasteiger partial charge in [0.05, 0.1) is 13.0 Å². The highest BCUT2D eigenvalue weighted by Gasteiger charge is 2.34. The third-order valence-corrected chi connectivity index (χ3v) is 5.86. The maximum atomic E-state index is 12.0. The monoisotopic (exact) mass is 358 g/mol. The Kier molecular flexibility index (Phi) is 6.21. The zero-order valence-corrected chi connectivity index (χ0v) is 15.6. The highest BCUT2D eigenvalue weighted by Crippen LogP contribution is 2.32. The molecular weight excluding hydrogens is 332 g/mol. The summed E-state index contributed by atoms with van der Waals surface area (Å²) in [5.41, 5.74) is 1.03. The summed E-state index contributed by atoms with van der Waals surface area (Å²) in [4.78, 5) is 17.8. The van der Waals surface area contributed by atoms with Crippen LogP contribution in [-0.2, 0) is 16.1 Å². The quantitative estimate of drug-likeness (QED) is 0.738. The van der Waals surface area contributed by atoms with Gasteiger partial charge in [0.25, 0.3) is 0 Å². The molecule has 0 atom stereocenters. The topological polar surface area (TPSA) is 51.2 Å². The first-order chi connectivity index (χ1) is 12.2. The van der Waals surface area contributed by atoms with Crippen LogP contribution >= 0.6 is 11.3 Å². The van der Waals surface area contributed by atoms with E-state index in [4.69, 9.17) is 4.74 Å². The molecule has 4 nitrogen and oxygen atoms in total. The van der Waals surface area contributed by atoms with Crippen LogP contribution in [0.15, 0.2) is 36.5 Å². The Bertz CT molecular complexity index is 678. The molecule has 2 aromatic rings. The SMILES string of the molecule is CCOC(=O)CC1(NCc2cnc(-c3ccccc3)s2)CCCCC1. The Morgan fingerprint density at radius 1 is 1.24 bits per heavy atom. The van der Waals surface area contributed by atoms with E-state index in [2.05, 4.69) is 22.4 Å². The van der Waals surface area contributed by atoms with Crippen molar-refractivity contribution in [2.45, 2.75) is 57.5 Å². The van der Waals surface area contributed by atoms with Crippen molar-refractivity contribution in [3.63, 3.8) is 0 Å². The van der Waals surface area contributed by atoms with Crippen molar-refractivity contribution < 1.29 is 9.53 Å². The molecule has 0 bridgehead atoms. The summed E-state index contributed by atoms with van der Waals surface area (Å²) < 4.78 is 5.19. The van der Waals surface area contributed by atoms with Crippen molar-refractivity contribution in [1.29, 1.82) is 0 Å². The number of aromatic nitrogens is 1. The fourth-order valence-electron chi connectivity index (χ4n) is 3.51. The molecule has 1 heterocycles. The van der Waals surface area contributed by atoms with Crippen LogP contribution in [0.25, 0.3) is 10.6 Å². The molecule has 1 aliphatic rings. The van der Waals surface area contributed by atoms with E-state index in [0.29, 0.717) is 13.0 Å². The van der Waals surface area contributed by atoms with Gasteiger partial charge in [-0.2, -0.15) is 0 Å². The number of thiazole rings is 1. The van der Waals surface area contributed by atoms with Crippen molar-refractivity contribution in [3.8, 4) is 10.6 Å². The van der Waals surface area contributed by atoms with Crippen molar-refractivity contribution in [2.75, 3.05) is 6.61 Å². The Morgan fingerprint density at radius 3 is 2.72 bits per heavy atom. The lowest BCUT2D eigenvalue weighted by atomic mass is 9.79. The molecular formula is C20H26N2O2S. The summed E-state index contributed by atoms with van der Waals surface area (Å²) in [6, 6.07) is 10.2. The van der Waals surface area contributed by atoms with E-state index in [1.165, 1.54) is 24.1 Å². The van der Waals surface area contributed by atoms with Gasteiger partial charge in [-0.25, -0.2) is 4.98 Å². The number of carbonyl (C=O) groups excluding carboxylic acids is 1. The minimum atomic E-state index is -0.124. The summed E-state index contributed by atoms with van der Waals surface area (Å²) in [6.45, 7) is 3.06. The van der Waals surface area contributed by atoms with Gasteiger partial charge in [-0.15, -0.1) is 11.3 Å². The molecule has 25 heavy (non-hydrogen) atoms. The van der Waals surface area contributed by atoms with Crippen LogP contribution in [0, 0.1) is 0 Å². The normalized spacial score (nSPS) is 16.5. The van der Waals surface area contributed by atoms with Gasteiger partial charge in [-0.05, 0) is 19.8 Å². The molecule has 1 aromatic carbocycles. The van der Waals surface area contributed by atoms with Crippen molar-refractivity contribution in [1.82, 2.24) is 10.3 Å². The average Bonchev–Trinajstić information content (AvgIpc) is 3.11. The summed E-state index contributed by atoms with van der Waals surface area (Å²) in [5.74, 6) is -0.0915. The summed E-state index contributed by atoms with van der Waals surface area (Å²) in [6.07, 6.45) is 8.08. The van der Waals surface area contributed by atoms with E-state index in [9.17, 15) is 4.79 Å². The lowest BCUT2D eigenvalue weighted by Crippen LogP contribution is -2.48. The number of carbonyl (C=O) groups is 1. The molecule has 134 valence electrons. The van der Waals surface area contributed by atoms with Crippen LogP contribution in [0.4, 0.5) is 0 Å². The zero-order chi connectivity index (χ0) is 17.5. The first-order valence-electron chi connectivity index (χ1n) is 9.11. The molecule has 0 radical (unpaired) electrons. The molecule has 0 unspecified atom stereocenters. The van der Waals surface area contributed by atoms with Gasteiger partial charge in [-0.1, -0.05) is 49.6 Å². The van der Waals surface area contributed by atoms with E-state index < -0.39 is 0 Å². The Labute approximate surface area is 153 Å². The minimum Gasteiger partial charge on any atom is -0.466 e. The summed E-state index contributed by atoms with van der Waals surface area (Å²) >= 11 is 1.71. The van der Waals surface area contributed by atoms with Crippen molar-refractivity contribution in [2.24, 2.45) is 0 Å². The number of rotatable bonds is 7. The van der Waals surface area contributed by atoms with E-state index in [1.807, 2.05) is 31.3 Å².